The number of hydrogen-bond donors (Lipinski definition) is 3. The summed E-state index contributed by atoms with van der Waals surface area (Å²) in [6.45, 7) is 1.67. The van der Waals surface area contributed by atoms with Crippen LogP contribution < -0.4 is 20.1 Å². The van der Waals surface area contributed by atoms with Crippen LogP contribution in [0.2, 0.25) is 0 Å². The van der Waals surface area contributed by atoms with Gasteiger partial charge in [0.25, 0.3) is 0 Å². The zero-order valence-electron chi connectivity index (χ0n) is 15.3. The SMILES string of the molecule is CNc1ccnc(Nc2ccc(OC)c(OCC3(O)CCN(C)C3)c2)n1. The lowest BCUT2D eigenvalue weighted by Gasteiger charge is -2.23. The highest BCUT2D eigenvalue weighted by Crippen LogP contribution is 2.32. The van der Waals surface area contributed by atoms with E-state index in [0.717, 1.165) is 18.1 Å². The van der Waals surface area contributed by atoms with Gasteiger partial charge in [0, 0.05) is 38.1 Å². The molecule has 1 saturated heterocycles. The molecule has 2 heterocycles. The first kappa shape index (κ1) is 18.2. The summed E-state index contributed by atoms with van der Waals surface area (Å²) >= 11 is 0. The highest BCUT2D eigenvalue weighted by atomic mass is 16.5. The van der Waals surface area contributed by atoms with Gasteiger partial charge >= 0.3 is 0 Å². The Balaban J connectivity index is 1.73. The first-order chi connectivity index (χ1) is 12.5. The van der Waals surface area contributed by atoms with Crippen molar-refractivity contribution in [2.24, 2.45) is 0 Å². The fourth-order valence-corrected chi connectivity index (χ4v) is 2.94. The van der Waals surface area contributed by atoms with Gasteiger partial charge in [0.2, 0.25) is 5.95 Å². The lowest BCUT2D eigenvalue weighted by Crippen LogP contribution is -2.38. The van der Waals surface area contributed by atoms with Crippen LogP contribution in [0.4, 0.5) is 17.5 Å². The van der Waals surface area contributed by atoms with Gasteiger partial charge in [-0.25, -0.2) is 4.98 Å². The number of hydrogen-bond acceptors (Lipinski definition) is 8. The first-order valence-corrected chi connectivity index (χ1v) is 8.51. The molecule has 2 aromatic rings. The number of nitrogens with zero attached hydrogens (tertiary/aromatic N) is 3. The zero-order chi connectivity index (χ0) is 18.6. The third kappa shape index (κ3) is 4.33. The monoisotopic (exact) mass is 359 g/mol. The molecule has 1 unspecified atom stereocenters. The molecular weight excluding hydrogens is 334 g/mol. The Labute approximate surface area is 153 Å². The van der Waals surface area contributed by atoms with Crippen molar-refractivity contribution in [1.82, 2.24) is 14.9 Å². The largest absolute Gasteiger partial charge is 0.493 e. The summed E-state index contributed by atoms with van der Waals surface area (Å²) < 4.78 is 11.3. The molecule has 0 aliphatic carbocycles. The van der Waals surface area contributed by atoms with Crippen molar-refractivity contribution in [2.45, 2.75) is 12.0 Å². The van der Waals surface area contributed by atoms with Crippen LogP contribution in [-0.2, 0) is 0 Å². The van der Waals surface area contributed by atoms with Crippen LogP contribution in [0.5, 0.6) is 11.5 Å². The van der Waals surface area contributed by atoms with E-state index in [1.54, 1.807) is 26.4 Å². The molecule has 8 nitrogen and oxygen atoms in total. The van der Waals surface area contributed by atoms with Gasteiger partial charge in [-0.2, -0.15) is 4.98 Å². The molecule has 1 atom stereocenters. The molecular formula is C18H25N5O3. The minimum atomic E-state index is -0.840. The standard InChI is InChI=1S/C18H25N5O3/c1-19-16-6-8-20-17(22-16)21-13-4-5-14(25-3)15(10-13)26-12-18(24)7-9-23(2)11-18/h4-6,8,10,24H,7,9,11-12H2,1-3H3,(H2,19,20,21,22). The van der Waals surface area contributed by atoms with Crippen LogP contribution in [-0.4, -0.2) is 66.5 Å². The zero-order valence-corrected chi connectivity index (χ0v) is 15.3. The van der Waals surface area contributed by atoms with Gasteiger partial charge in [-0.15, -0.1) is 0 Å². The smallest absolute Gasteiger partial charge is 0.229 e. The maximum atomic E-state index is 10.6. The molecule has 0 amide bonds. The highest BCUT2D eigenvalue weighted by molar-refractivity contribution is 5.60. The summed E-state index contributed by atoms with van der Waals surface area (Å²) in [6.07, 6.45) is 2.36. The average Bonchev–Trinajstić information content (AvgIpc) is 2.99. The Kier molecular flexibility index (Phi) is 5.43. The Morgan fingerprint density at radius 2 is 2.15 bits per heavy atom. The van der Waals surface area contributed by atoms with Crippen LogP contribution in [0.15, 0.2) is 30.5 Å². The van der Waals surface area contributed by atoms with Crippen LogP contribution in [0.25, 0.3) is 0 Å². The van der Waals surface area contributed by atoms with E-state index in [4.69, 9.17) is 9.47 Å². The molecule has 1 aromatic carbocycles. The molecule has 0 radical (unpaired) electrons. The van der Waals surface area contributed by atoms with Gasteiger partial charge in [0.1, 0.15) is 18.0 Å². The van der Waals surface area contributed by atoms with Gasteiger partial charge in [-0.3, -0.25) is 0 Å². The third-order valence-corrected chi connectivity index (χ3v) is 4.35. The second-order valence-corrected chi connectivity index (χ2v) is 6.51. The van der Waals surface area contributed by atoms with E-state index in [1.807, 2.05) is 25.2 Å². The number of β-amino-alcohol motifs (C(OH)–C–C–N with tert-alkyl or cyclic N) is 1. The number of methoxy groups -OCH3 is 1. The average molecular weight is 359 g/mol. The molecule has 0 spiro atoms. The molecule has 26 heavy (non-hydrogen) atoms. The van der Waals surface area contributed by atoms with Crippen molar-refractivity contribution >= 4 is 17.5 Å². The van der Waals surface area contributed by atoms with Gasteiger partial charge in [0.05, 0.1) is 7.11 Å². The Hall–Kier alpha value is -2.58. The number of benzene rings is 1. The highest BCUT2D eigenvalue weighted by Gasteiger charge is 2.35. The van der Waals surface area contributed by atoms with Crippen molar-refractivity contribution in [3.63, 3.8) is 0 Å². The number of anilines is 3. The predicted molar refractivity (Wildman–Crippen MR) is 100 cm³/mol. The second-order valence-electron chi connectivity index (χ2n) is 6.51. The van der Waals surface area contributed by atoms with Crippen LogP contribution in [0.3, 0.4) is 0 Å². The van der Waals surface area contributed by atoms with Crippen molar-refractivity contribution in [3.05, 3.63) is 30.5 Å². The molecule has 1 aliphatic rings. The molecule has 1 fully saturated rings. The Morgan fingerprint density at radius 3 is 2.85 bits per heavy atom. The number of likely N-dealkylation sites (tertiary alicyclic amines) is 1. The molecule has 1 aromatic heterocycles. The molecule has 3 rings (SSSR count). The van der Waals surface area contributed by atoms with Gasteiger partial charge in [0.15, 0.2) is 11.5 Å². The number of aliphatic hydroxyl groups is 1. The van der Waals surface area contributed by atoms with Crippen LogP contribution in [0.1, 0.15) is 6.42 Å². The molecule has 0 saturated carbocycles. The molecule has 140 valence electrons. The van der Waals surface area contributed by atoms with E-state index in [-0.39, 0.29) is 6.61 Å². The normalized spacial score (nSPS) is 20.0. The summed E-state index contributed by atoms with van der Waals surface area (Å²) in [5.41, 5.74) is -0.0717. The van der Waals surface area contributed by atoms with Crippen molar-refractivity contribution < 1.29 is 14.6 Å². The number of nitrogens with one attached hydrogen (secondary N) is 2. The summed E-state index contributed by atoms with van der Waals surface area (Å²) in [7, 11) is 5.38. The molecule has 0 bridgehead atoms. The third-order valence-electron chi connectivity index (χ3n) is 4.35. The Morgan fingerprint density at radius 1 is 1.31 bits per heavy atom. The van der Waals surface area contributed by atoms with E-state index in [9.17, 15) is 5.11 Å². The summed E-state index contributed by atoms with van der Waals surface area (Å²) in [5, 5.41) is 16.7. The molecule has 1 aliphatic heterocycles. The number of aromatic nitrogens is 2. The van der Waals surface area contributed by atoms with E-state index >= 15 is 0 Å². The van der Waals surface area contributed by atoms with E-state index < -0.39 is 5.60 Å². The van der Waals surface area contributed by atoms with Crippen LogP contribution in [0, 0.1) is 0 Å². The number of rotatable bonds is 7. The summed E-state index contributed by atoms with van der Waals surface area (Å²) in [4.78, 5) is 10.6. The minimum absolute atomic E-state index is 0.211. The summed E-state index contributed by atoms with van der Waals surface area (Å²) in [6, 6.07) is 7.27. The van der Waals surface area contributed by atoms with E-state index in [2.05, 4.69) is 25.5 Å². The van der Waals surface area contributed by atoms with Crippen LogP contribution >= 0.6 is 0 Å². The van der Waals surface area contributed by atoms with Crippen molar-refractivity contribution in [1.29, 1.82) is 0 Å². The minimum Gasteiger partial charge on any atom is -0.493 e. The topological polar surface area (TPSA) is 91.8 Å². The maximum absolute atomic E-state index is 10.6. The molecule has 3 N–H and O–H groups in total. The Bertz CT molecular complexity index is 757. The van der Waals surface area contributed by atoms with Crippen molar-refractivity contribution in [3.8, 4) is 11.5 Å². The van der Waals surface area contributed by atoms with Crippen molar-refractivity contribution in [2.75, 3.05) is 51.5 Å². The fraction of sp³-hybridized carbons (Fsp3) is 0.444. The fourth-order valence-electron chi connectivity index (χ4n) is 2.94. The number of ether oxygens (including phenoxy) is 2. The summed E-state index contributed by atoms with van der Waals surface area (Å²) in [5.74, 6) is 2.37. The van der Waals surface area contributed by atoms with E-state index in [0.29, 0.717) is 30.4 Å². The maximum Gasteiger partial charge on any atom is 0.229 e. The second kappa shape index (κ2) is 7.76. The van der Waals surface area contributed by atoms with E-state index in [1.165, 1.54) is 0 Å². The number of likely N-dealkylation sites (N-methyl/N-ethyl adjacent to an activating group) is 1. The predicted octanol–water partition coefficient (Wildman–Crippen LogP) is 1.72. The lowest BCUT2D eigenvalue weighted by molar-refractivity contribution is 0.00509. The quantitative estimate of drug-likeness (QED) is 0.688. The first-order valence-electron chi connectivity index (χ1n) is 8.51. The van der Waals surface area contributed by atoms with Gasteiger partial charge in [-0.05, 0) is 31.7 Å². The van der Waals surface area contributed by atoms with Gasteiger partial charge in [-0.1, -0.05) is 0 Å². The van der Waals surface area contributed by atoms with Gasteiger partial charge < -0.3 is 30.1 Å². The lowest BCUT2D eigenvalue weighted by atomic mass is 10.1. The molecule has 8 heteroatoms.